The minimum absolute atomic E-state index is 0.0170. The first-order chi connectivity index (χ1) is 8.92. The van der Waals surface area contributed by atoms with E-state index in [4.69, 9.17) is 9.47 Å². The zero-order chi connectivity index (χ0) is 14.3. The van der Waals surface area contributed by atoms with Crippen molar-refractivity contribution >= 4 is 0 Å². The van der Waals surface area contributed by atoms with Gasteiger partial charge in [-0.3, -0.25) is 0 Å². The Hall–Kier alpha value is -1.13. The van der Waals surface area contributed by atoms with Gasteiger partial charge >= 0.3 is 0 Å². The number of benzene rings is 1. The Kier molecular flexibility index (Phi) is 6.25. The van der Waals surface area contributed by atoms with Crippen LogP contribution in [0.2, 0.25) is 0 Å². The molecule has 1 aromatic rings. The number of hydrogen-bond donors (Lipinski definition) is 1. The second-order valence-corrected chi connectivity index (χ2v) is 5.41. The average molecular weight is 269 g/mol. The van der Waals surface area contributed by atoms with Crippen molar-refractivity contribution in [3.63, 3.8) is 0 Å². The van der Waals surface area contributed by atoms with Gasteiger partial charge in [0.25, 0.3) is 0 Å². The molecule has 0 unspecified atom stereocenters. The SMILES string of the molecule is CCOCCOc1ccc(CNC(C)(C)C)cc1F. The van der Waals surface area contributed by atoms with Gasteiger partial charge in [0.05, 0.1) is 6.61 Å². The maximum Gasteiger partial charge on any atom is 0.165 e. The average Bonchev–Trinajstić information content (AvgIpc) is 2.33. The number of hydrogen-bond acceptors (Lipinski definition) is 3. The van der Waals surface area contributed by atoms with Gasteiger partial charge in [-0.25, -0.2) is 4.39 Å². The minimum atomic E-state index is -0.329. The number of halogens is 1. The van der Waals surface area contributed by atoms with Crippen LogP contribution >= 0.6 is 0 Å². The lowest BCUT2D eigenvalue weighted by atomic mass is 10.1. The zero-order valence-corrected chi connectivity index (χ0v) is 12.3. The number of nitrogens with one attached hydrogen (secondary N) is 1. The molecule has 1 aromatic carbocycles. The first-order valence-electron chi connectivity index (χ1n) is 6.66. The van der Waals surface area contributed by atoms with E-state index in [0.717, 1.165) is 5.56 Å². The van der Waals surface area contributed by atoms with E-state index < -0.39 is 0 Å². The molecule has 0 aliphatic rings. The highest BCUT2D eigenvalue weighted by molar-refractivity contribution is 5.29. The molecule has 0 radical (unpaired) electrons. The molecule has 0 spiro atoms. The van der Waals surface area contributed by atoms with Crippen molar-refractivity contribution < 1.29 is 13.9 Å². The van der Waals surface area contributed by atoms with Crippen LogP contribution in [0, 0.1) is 5.82 Å². The molecule has 4 heteroatoms. The molecule has 0 atom stereocenters. The van der Waals surface area contributed by atoms with E-state index in [1.807, 2.05) is 13.0 Å². The summed E-state index contributed by atoms with van der Waals surface area (Å²) in [5.41, 5.74) is 0.924. The first-order valence-corrected chi connectivity index (χ1v) is 6.66. The number of ether oxygens (including phenoxy) is 2. The fourth-order valence-corrected chi connectivity index (χ4v) is 1.49. The molecule has 0 fully saturated rings. The van der Waals surface area contributed by atoms with Crippen LogP contribution in [-0.4, -0.2) is 25.4 Å². The lowest BCUT2D eigenvalue weighted by Gasteiger charge is -2.20. The summed E-state index contributed by atoms with van der Waals surface area (Å²) in [5, 5.41) is 3.32. The van der Waals surface area contributed by atoms with E-state index >= 15 is 0 Å². The van der Waals surface area contributed by atoms with Crippen molar-refractivity contribution in [2.75, 3.05) is 19.8 Å². The fraction of sp³-hybridized carbons (Fsp3) is 0.600. The van der Waals surface area contributed by atoms with Gasteiger partial charge in [0.15, 0.2) is 11.6 Å². The zero-order valence-electron chi connectivity index (χ0n) is 12.3. The molecule has 108 valence electrons. The summed E-state index contributed by atoms with van der Waals surface area (Å²) in [5.74, 6) is -0.0519. The predicted molar refractivity (Wildman–Crippen MR) is 75.0 cm³/mol. The van der Waals surface area contributed by atoms with E-state index in [1.165, 1.54) is 6.07 Å². The largest absolute Gasteiger partial charge is 0.488 e. The summed E-state index contributed by atoms with van der Waals surface area (Å²) in [4.78, 5) is 0. The van der Waals surface area contributed by atoms with Crippen molar-refractivity contribution in [3.8, 4) is 5.75 Å². The lowest BCUT2D eigenvalue weighted by Crippen LogP contribution is -2.35. The third-order valence-electron chi connectivity index (χ3n) is 2.51. The highest BCUT2D eigenvalue weighted by Crippen LogP contribution is 2.18. The Bertz CT molecular complexity index is 388. The standard InChI is InChI=1S/C15H24FNO2/c1-5-18-8-9-19-14-7-6-12(10-13(14)16)11-17-15(2,3)4/h6-7,10,17H,5,8-9,11H2,1-4H3. The normalized spacial score (nSPS) is 11.6. The third kappa shape index (κ3) is 6.55. The first kappa shape index (κ1) is 15.9. The Morgan fingerprint density at radius 2 is 1.95 bits per heavy atom. The van der Waals surface area contributed by atoms with Gasteiger partial charge < -0.3 is 14.8 Å². The van der Waals surface area contributed by atoms with Crippen LogP contribution in [0.25, 0.3) is 0 Å². The van der Waals surface area contributed by atoms with Gasteiger partial charge in [0.1, 0.15) is 6.61 Å². The Balaban J connectivity index is 2.49. The number of rotatable bonds is 7. The van der Waals surface area contributed by atoms with E-state index in [-0.39, 0.29) is 17.1 Å². The van der Waals surface area contributed by atoms with Gasteiger partial charge in [-0.1, -0.05) is 6.07 Å². The maximum atomic E-state index is 13.8. The third-order valence-corrected chi connectivity index (χ3v) is 2.51. The summed E-state index contributed by atoms with van der Waals surface area (Å²) < 4.78 is 24.2. The smallest absolute Gasteiger partial charge is 0.165 e. The predicted octanol–water partition coefficient (Wildman–Crippen LogP) is 3.13. The molecule has 0 amide bonds. The summed E-state index contributed by atoms with van der Waals surface area (Å²) in [6.07, 6.45) is 0. The molecule has 0 aromatic heterocycles. The van der Waals surface area contributed by atoms with Crippen LogP contribution in [0.15, 0.2) is 18.2 Å². The van der Waals surface area contributed by atoms with Crippen molar-refractivity contribution in [1.82, 2.24) is 5.32 Å². The van der Waals surface area contributed by atoms with Crippen LogP contribution in [-0.2, 0) is 11.3 Å². The molecule has 0 bridgehead atoms. The van der Waals surface area contributed by atoms with Crippen molar-refractivity contribution in [1.29, 1.82) is 0 Å². The quantitative estimate of drug-likeness (QED) is 0.771. The molecule has 3 nitrogen and oxygen atoms in total. The van der Waals surface area contributed by atoms with Crippen molar-refractivity contribution in [3.05, 3.63) is 29.6 Å². The monoisotopic (exact) mass is 269 g/mol. The fourth-order valence-electron chi connectivity index (χ4n) is 1.49. The summed E-state index contributed by atoms with van der Waals surface area (Å²) in [6, 6.07) is 5.05. The molecular formula is C15H24FNO2. The van der Waals surface area contributed by atoms with Crippen LogP contribution in [0.4, 0.5) is 4.39 Å². The van der Waals surface area contributed by atoms with Crippen molar-refractivity contribution in [2.45, 2.75) is 39.8 Å². The molecule has 0 aliphatic heterocycles. The topological polar surface area (TPSA) is 30.5 Å². The highest BCUT2D eigenvalue weighted by Gasteiger charge is 2.10. The highest BCUT2D eigenvalue weighted by atomic mass is 19.1. The maximum absolute atomic E-state index is 13.8. The van der Waals surface area contributed by atoms with Crippen molar-refractivity contribution in [2.24, 2.45) is 0 Å². The van der Waals surface area contributed by atoms with Crippen LogP contribution in [0.3, 0.4) is 0 Å². The summed E-state index contributed by atoms with van der Waals surface area (Å²) in [6.45, 7) is 10.3. The van der Waals surface area contributed by atoms with Crippen LogP contribution < -0.4 is 10.1 Å². The van der Waals surface area contributed by atoms with E-state index in [9.17, 15) is 4.39 Å². The Labute approximate surface area is 115 Å². The van der Waals surface area contributed by atoms with E-state index in [2.05, 4.69) is 26.1 Å². The molecule has 0 heterocycles. The molecule has 0 saturated carbocycles. The Morgan fingerprint density at radius 3 is 2.53 bits per heavy atom. The van der Waals surface area contributed by atoms with E-state index in [1.54, 1.807) is 6.07 Å². The van der Waals surface area contributed by atoms with Gasteiger partial charge in [-0.15, -0.1) is 0 Å². The molecular weight excluding hydrogens is 245 g/mol. The summed E-state index contributed by atoms with van der Waals surface area (Å²) in [7, 11) is 0. The molecule has 0 saturated heterocycles. The van der Waals surface area contributed by atoms with Crippen LogP contribution in [0.5, 0.6) is 5.75 Å². The van der Waals surface area contributed by atoms with Gasteiger partial charge in [-0.05, 0) is 45.4 Å². The lowest BCUT2D eigenvalue weighted by molar-refractivity contribution is 0.108. The molecule has 1 N–H and O–H groups in total. The van der Waals surface area contributed by atoms with Gasteiger partial charge in [0.2, 0.25) is 0 Å². The van der Waals surface area contributed by atoms with Gasteiger partial charge in [-0.2, -0.15) is 0 Å². The second-order valence-electron chi connectivity index (χ2n) is 5.41. The minimum Gasteiger partial charge on any atom is -0.488 e. The van der Waals surface area contributed by atoms with E-state index in [0.29, 0.717) is 26.4 Å². The van der Waals surface area contributed by atoms with Gasteiger partial charge in [0, 0.05) is 18.7 Å². The van der Waals surface area contributed by atoms with Crippen LogP contribution in [0.1, 0.15) is 33.3 Å². The molecule has 1 rings (SSSR count). The Morgan fingerprint density at radius 1 is 1.21 bits per heavy atom. The summed E-state index contributed by atoms with van der Waals surface area (Å²) >= 11 is 0. The molecule has 0 aliphatic carbocycles. The second kappa shape index (κ2) is 7.46. The molecule has 19 heavy (non-hydrogen) atoms.